The molecule has 36 heavy (non-hydrogen) atoms. The van der Waals surface area contributed by atoms with E-state index < -0.39 is 23.0 Å². The number of hydrogen-bond donors (Lipinski definition) is 2. The Labute approximate surface area is 199 Å². The molecule has 10 nitrogen and oxygen atoms in total. The van der Waals surface area contributed by atoms with Crippen molar-refractivity contribution in [2.45, 2.75) is 12.3 Å². The number of H-pyrrole nitrogens is 1. The SMILES string of the molecule is O=c1c2c[nH]nc2c2cnc(NC[C@H]3COc4ccccc4O3)nc2n1-c1ccncc1C(F)(F)F. The molecule has 0 amide bonds. The second-order valence-electron chi connectivity index (χ2n) is 7.99. The van der Waals surface area contributed by atoms with Crippen LogP contribution < -0.4 is 20.3 Å². The molecule has 0 saturated carbocycles. The predicted octanol–water partition coefficient (Wildman–Crippen LogP) is 3.32. The molecule has 0 unspecified atom stereocenters. The highest BCUT2D eigenvalue weighted by molar-refractivity contribution is 6.02. The van der Waals surface area contributed by atoms with Crippen LogP contribution in [0.5, 0.6) is 11.5 Å². The molecule has 5 heterocycles. The van der Waals surface area contributed by atoms with Crippen molar-refractivity contribution in [3.05, 3.63) is 71.0 Å². The third-order valence-corrected chi connectivity index (χ3v) is 5.71. The van der Waals surface area contributed by atoms with Gasteiger partial charge in [-0.25, -0.2) is 4.98 Å². The highest BCUT2D eigenvalue weighted by Crippen LogP contribution is 2.34. The quantitative estimate of drug-likeness (QED) is 0.390. The van der Waals surface area contributed by atoms with E-state index in [2.05, 4.69) is 30.5 Å². The third-order valence-electron chi connectivity index (χ3n) is 5.71. The molecule has 4 aromatic heterocycles. The number of aromatic amines is 1. The minimum Gasteiger partial charge on any atom is -0.486 e. The van der Waals surface area contributed by atoms with Crippen LogP contribution in [0, 0.1) is 0 Å². The van der Waals surface area contributed by atoms with Crippen molar-refractivity contribution >= 4 is 27.9 Å². The predicted molar refractivity (Wildman–Crippen MR) is 122 cm³/mol. The fourth-order valence-corrected chi connectivity index (χ4v) is 4.06. The average molecular weight is 495 g/mol. The smallest absolute Gasteiger partial charge is 0.419 e. The maximum absolute atomic E-state index is 13.8. The van der Waals surface area contributed by atoms with Crippen LogP contribution in [-0.2, 0) is 6.18 Å². The molecule has 0 radical (unpaired) electrons. The van der Waals surface area contributed by atoms with Gasteiger partial charge in [0, 0.05) is 24.8 Å². The van der Waals surface area contributed by atoms with Crippen molar-refractivity contribution in [2.24, 2.45) is 0 Å². The molecule has 0 spiro atoms. The lowest BCUT2D eigenvalue weighted by Crippen LogP contribution is -2.35. The zero-order valence-electron chi connectivity index (χ0n) is 18.3. The summed E-state index contributed by atoms with van der Waals surface area (Å²) in [7, 11) is 0. The second-order valence-corrected chi connectivity index (χ2v) is 7.99. The monoisotopic (exact) mass is 495 g/mol. The van der Waals surface area contributed by atoms with Gasteiger partial charge in [0.2, 0.25) is 5.95 Å². The first-order valence-electron chi connectivity index (χ1n) is 10.8. The molecular weight excluding hydrogens is 479 g/mol. The van der Waals surface area contributed by atoms with Crippen molar-refractivity contribution in [2.75, 3.05) is 18.5 Å². The van der Waals surface area contributed by atoms with Crippen molar-refractivity contribution in [3.8, 4) is 17.2 Å². The summed E-state index contributed by atoms with van der Waals surface area (Å²) in [6, 6.07) is 8.37. The molecule has 182 valence electrons. The van der Waals surface area contributed by atoms with E-state index in [-0.39, 0.29) is 41.8 Å². The van der Waals surface area contributed by atoms with Gasteiger partial charge in [-0.1, -0.05) is 12.1 Å². The summed E-state index contributed by atoms with van der Waals surface area (Å²) in [6.07, 6.45) is -0.527. The number of rotatable bonds is 4. The first kappa shape index (κ1) is 21.8. The number of hydrogen-bond acceptors (Lipinski definition) is 8. The van der Waals surface area contributed by atoms with Gasteiger partial charge in [-0.3, -0.25) is 19.4 Å². The van der Waals surface area contributed by atoms with Gasteiger partial charge in [-0.15, -0.1) is 0 Å². The van der Waals surface area contributed by atoms with Gasteiger partial charge in [0.15, 0.2) is 17.1 Å². The van der Waals surface area contributed by atoms with Crippen LogP contribution in [0.25, 0.3) is 27.6 Å². The molecule has 1 aromatic carbocycles. The number of anilines is 1. The fraction of sp³-hybridized carbons (Fsp3) is 0.174. The molecule has 5 aromatic rings. The number of alkyl halides is 3. The molecule has 13 heteroatoms. The molecule has 2 N–H and O–H groups in total. The number of para-hydroxylation sites is 2. The maximum atomic E-state index is 13.8. The Morgan fingerprint density at radius 1 is 1.14 bits per heavy atom. The number of halogens is 3. The normalized spacial score (nSPS) is 15.4. The number of fused-ring (bicyclic) bond motifs is 4. The van der Waals surface area contributed by atoms with Crippen LogP contribution in [-0.4, -0.2) is 49.0 Å². The van der Waals surface area contributed by atoms with Crippen molar-refractivity contribution in [3.63, 3.8) is 0 Å². The third kappa shape index (κ3) is 3.65. The molecule has 1 atom stereocenters. The van der Waals surface area contributed by atoms with Crippen LogP contribution in [0.4, 0.5) is 19.1 Å². The van der Waals surface area contributed by atoms with E-state index in [0.717, 1.165) is 10.6 Å². The largest absolute Gasteiger partial charge is 0.486 e. The zero-order valence-corrected chi connectivity index (χ0v) is 18.3. The first-order chi connectivity index (χ1) is 17.4. The number of benzene rings is 1. The van der Waals surface area contributed by atoms with Gasteiger partial charge in [0.05, 0.1) is 28.6 Å². The Morgan fingerprint density at radius 3 is 2.81 bits per heavy atom. The topological polar surface area (TPSA) is 120 Å². The summed E-state index contributed by atoms with van der Waals surface area (Å²) in [5.41, 5.74) is -1.98. The number of aromatic nitrogens is 6. The van der Waals surface area contributed by atoms with Gasteiger partial charge < -0.3 is 14.8 Å². The van der Waals surface area contributed by atoms with E-state index >= 15 is 0 Å². The molecular formula is C23H16F3N7O3. The van der Waals surface area contributed by atoms with Crippen LogP contribution >= 0.6 is 0 Å². The van der Waals surface area contributed by atoms with Crippen LogP contribution in [0.3, 0.4) is 0 Å². The minimum atomic E-state index is -4.75. The van der Waals surface area contributed by atoms with Crippen molar-refractivity contribution in [1.82, 2.24) is 29.7 Å². The van der Waals surface area contributed by atoms with Crippen LogP contribution in [0.15, 0.2) is 59.9 Å². The number of nitrogens with one attached hydrogen (secondary N) is 2. The lowest BCUT2D eigenvalue weighted by Gasteiger charge is -2.26. The van der Waals surface area contributed by atoms with E-state index in [0.29, 0.717) is 23.1 Å². The van der Waals surface area contributed by atoms with Gasteiger partial charge in [0.25, 0.3) is 5.56 Å². The molecule has 6 rings (SSSR count). The summed E-state index contributed by atoms with van der Waals surface area (Å²) in [6.45, 7) is 0.528. The Bertz CT molecular complexity index is 1660. The standard InChI is InChI=1S/C23H16F3N7O3/c24-23(25,26)15-10-27-6-5-16(15)33-20-13(19-14(21(33)34)9-30-32-19)8-29-22(31-20)28-7-12-11-35-17-3-1-2-4-18(17)36-12/h1-6,8-10,12H,7,11H2,(H,30,32)(H,28,29,31)/t12-/m0/s1. The molecule has 0 fully saturated rings. The summed E-state index contributed by atoms with van der Waals surface area (Å²) in [5.74, 6) is 1.33. The van der Waals surface area contributed by atoms with Gasteiger partial charge >= 0.3 is 6.18 Å². The zero-order chi connectivity index (χ0) is 24.9. The Balaban J connectivity index is 1.42. The molecule has 1 aliphatic heterocycles. The Kier molecular flexibility index (Phi) is 4.98. The highest BCUT2D eigenvalue weighted by Gasteiger charge is 2.35. The minimum absolute atomic E-state index is 0.0417. The van der Waals surface area contributed by atoms with Crippen molar-refractivity contribution in [1.29, 1.82) is 0 Å². The summed E-state index contributed by atoms with van der Waals surface area (Å²) >= 11 is 0. The van der Waals surface area contributed by atoms with Crippen LogP contribution in [0.2, 0.25) is 0 Å². The lowest BCUT2D eigenvalue weighted by molar-refractivity contribution is -0.137. The molecule has 1 aliphatic rings. The summed E-state index contributed by atoms with van der Waals surface area (Å²) in [4.78, 5) is 25.6. The van der Waals surface area contributed by atoms with E-state index in [1.54, 1.807) is 12.1 Å². The van der Waals surface area contributed by atoms with E-state index in [1.807, 2.05) is 12.1 Å². The maximum Gasteiger partial charge on any atom is 0.419 e. The van der Waals surface area contributed by atoms with Gasteiger partial charge in [-0.05, 0) is 18.2 Å². The summed E-state index contributed by atoms with van der Waals surface area (Å²) in [5, 5.41) is 10.1. The van der Waals surface area contributed by atoms with Crippen LogP contribution in [0.1, 0.15) is 5.56 Å². The van der Waals surface area contributed by atoms with Gasteiger partial charge in [0.1, 0.15) is 18.2 Å². The van der Waals surface area contributed by atoms with E-state index in [4.69, 9.17) is 9.47 Å². The highest BCUT2D eigenvalue weighted by atomic mass is 19.4. The van der Waals surface area contributed by atoms with Crippen molar-refractivity contribution < 1.29 is 22.6 Å². The number of nitrogens with zero attached hydrogens (tertiary/aromatic N) is 5. The number of pyridine rings is 2. The Morgan fingerprint density at radius 2 is 1.97 bits per heavy atom. The second kappa shape index (κ2) is 8.22. The molecule has 0 bridgehead atoms. The average Bonchev–Trinajstić information content (AvgIpc) is 3.38. The Hall–Kier alpha value is -4.68. The molecule has 0 saturated heterocycles. The summed E-state index contributed by atoms with van der Waals surface area (Å²) < 4.78 is 53.9. The fourth-order valence-electron chi connectivity index (χ4n) is 4.06. The van der Waals surface area contributed by atoms with Gasteiger partial charge in [-0.2, -0.15) is 23.3 Å². The first-order valence-corrected chi connectivity index (χ1v) is 10.8. The van der Waals surface area contributed by atoms with E-state index in [9.17, 15) is 18.0 Å². The number of ether oxygens (including phenoxy) is 2. The van der Waals surface area contributed by atoms with E-state index in [1.165, 1.54) is 18.6 Å². The lowest BCUT2D eigenvalue weighted by atomic mass is 10.2. The molecule has 0 aliphatic carbocycles.